The summed E-state index contributed by atoms with van der Waals surface area (Å²) in [7, 11) is -3.14. The summed E-state index contributed by atoms with van der Waals surface area (Å²) in [5.74, 6) is 1.55. The third-order valence-corrected chi connectivity index (χ3v) is 4.74. The SMILES string of the molecule is CCNC(=NCc1ccc(S(C)(=O)=O)cc1)NCCCCC(C)C. The Labute approximate surface area is 146 Å². The van der Waals surface area contributed by atoms with Gasteiger partial charge in [-0.25, -0.2) is 13.4 Å². The van der Waals surface area contributed by atoms with Crippen molar-refractivity contribution >= 4 is 15.8 Å². The zero-order valence-electron chi connectivity index (χ0n) is 15.3. The van der Waals surface area contributed by atoms with E-state index in [9.17, 15) is 8.42 Å². The number of unbranched alkanes of at least 4 members (excludes halogenated alkanes) is 1. The van der Waals surface area contributed by atoms with Crippen LogP contribution in [0, 0.1) is 5.92 Å². The van der Waals surface area contributed by atoms with Crippen LogP contribution in [0.2, 0.25) is 0 Å². The highest BCUT2D eigenvalue weighted by molar-refractivity contribution is 7.90. The van der Waals surface area contributed by atoms with Crippen molar-refractivity contribution < 1.29 is 8.42 Å². The van der Waals surface area contributed by atoms with Crippen LogP contribution >= 0.6 is 0 Å². The summed E-state index contributed by atoms with van der Waals surface area (Å²) < 4.78 is 22.9. The Bertz CT molecular complexity index is 608. The Balaban J connectivity index is 2.52. The molecule has 0 heterocycles. The number of sulfone groups is 1. The fourth-order valence-corrected chi connectivity index (χ4v) is 2.87. The van der Waals surface area contributed by atoms with E-state index in [1.807, 2.05) is 19.1 Å². The number of nitrogens with one attached hydrogen (secondary N) is 2. The molecule has 0 aliphatic carbocycles. The minimum atomic E-state index is -3.14. The lowest BCUT2D eigenvalue weighted by atomic mass is 10.1. The molecule has 0 unspecified atom stereocenters. The number of hydrogen-bond acceptors (Lipinski definition) is 3. The summed E-state index contributed by atoms with van der Waals surface area (Å²) in [5, 5.41) is 6.57. The van der Waals surface area contributed by atoms with Gasteiger partial charge in [-0.2, -0.15) is 0 Å². The molecule has 1 aromatic carbocycles. The highest BCUT2D eigenvalue weighted by atomic mass is 32.2. The summed E-state index contributed by atoms with van der Waals surface area (Å²) in [5.41, 5.74) is 0.986. The fourth-order valence-electron chi connectivity index (χ4n) is 2.24. The van der Waals surface area contributed by atoms with Gasteiger partial charge in [0.2, 0.25) is 0 Å². The summed E-state index contributed by atoms with van der Waals surface area (Å²) in [6.45, 7) is 8.76. The van der Waals surface area contributed by atoms with E-state index < -0.39 is 9.84 Å². The lowest BCUT2D eigenvalue weighted by Crippen LogP contribution is -2.37. The largest absolute Gasteiger partial charge is 0.357 e. The van der Waals surface area contributed by atoms with Crippen LogP contribution in [0.3, 0.4) is 0 Å². The molecule has 0 fully saturated rings. The predicted octanol–water partition coefficient (Wildman–Crippen LogP) is 2.97. The molecule has 1 aromatic rings. The number of rotatable bonds is 9. The van der Waals surface area contributed by atoms with E-state index in [1.54, 1.807) is 12.1 Å². The molecule has 0 spiro atoms. The first-order valence-electron chi connectivity index (χ1n) is 8.64. The Kier molecular flexibility index (Phi) is 8.82. The zero-order chi connectivity index (χ0) is 18.0. The first-order chi connectivity index (χ1) is 11.3. The van der Waals surface area contributed by atoms with E-state index in [2.05, 4.69) is 29.5 Å². The minimum Gasteiger partial charge on any atom is -0.357 e. The van der Waals surface area contributed by atoms with Crippen molar-refractivity contribution in [2.75, 3.05) is 19.3 Å². The van der Waals surface area contributed by atoms with Gasteiger partial charge in [0.1, 0.15) is 0 Å². The maximum absolute atomic E-state index is 11.5. The molecule has 0 amide bonds. The Hall–Kier alpha value is -1.56. The van der Waals surface area contributed by atoms with Gasteiger partial charge in [0.15, 0.2) is 15.8 Å². The Morgan fingerprint density at radius 3 is 2.33 bits per heavy atom. The van der Waals surface area contributed by atoms with Crippen molar-refractivity contribution in [1.29, 1.82) is 0 Å². The van der Waals surface area contributed by atoms with Gasteiger partial charge in [-0.15, -0.1) is 0 Å². The molecule has 0 saturated carbocycles. The van der Waals surface area contributed by atoms with Crippen molar-refractivity contribution in [2.45, 2.75) is 51.5 Å². The third-order valence-electron chi connectivity index (χ3n) is 3.62. The topological polar surface area (TPSA) is 70.6 Å². The Morgan fingerprint density at radius 1 is 1.12 bits per heavy atom. The van der Waals surface area contributed by atoms with Gasteiger partial charge in [0.05, 0.1) is 11.4 Å². The zero-order valence-corrected chi connectivity index (χ0v) is 16.1. The van der Waals surface area contributed by atoms with E-state index in [0.29, 0.717) is 11.4 Å². The van der Waals surface area contributed by atoms with Gasteiger partial charge in [0, 0.05) is 19.3 Å². The van der Waals surface area contributed by atoms with Crippen LogP contribution < -0.4 is 10.6 Å². The van der Waals surface area contributed by atoms with Crippen molar-refractivity contribution in [3.8, 4) is 0 Å². The van der Waals surface area contributed by atoms with Gasteiger partial charge in [-0.3, -0.25) is 0 Å². The van der Waals surface area contributed by atoms with E-state index in [-0.39, 0.29) is 0 Å². The molecule has 1 rings (SSSR count). The predicted molar refractivity (Wildman–Crippen MR) is 101 cm³/mol. The van der Waals surface area contributed by atoms with E-state index in [1.165, 1.54) is 19.1 Å². The second kappa shape index (κ2) is 10.3. The molecule has 0 atom stereocenters. The highest BCUT2D eigenvalue weighted by Crippen LogP contribution is 2.11. The number of guanidine groups is 1. The minimum absolute atomic E-state index is 0.338. The Morgan fingerprint density at radius 2 is 1.79 bits per heavy atom. The standard InChI is InChI=1S/C18H31N3O2S/c1-5-19-18(20-13-7-6-8-15(2)3)21-14-16-9-11-17(12-10-16)24(4,22)23/h9-12,15H,5-8,13-14H2,1-4H3,(H2,19,20,21). The number of nitrogens with zero attached hydrogens (tertiary/aromatic N) is 1. The molecular formula is C18H31N3O2S. The average molecular weight is 354 g/mol. The average Bonchev–Trinajstić information content (AvgIpc) is 2.51. The molecule has 0 aliphatic rings. The first kappa shape index (κ1) is 20.5. The second-order valence-electron chi connectivity index (χ2n) is 6.43. The quantitative estimate of drug-likeness (QED) is 0.407. The van der Waals surface area contributed by atoms with Crippen LogP contribution in [-0.4, -0.2) is 33.7 Å². The number of aliphatic imine (C=N–C) groups is 1. The smallest absolute Gasteiger partial charge is 0.191 e. The number of hydrogen-bond donors (Lipinski definition) is 2. The van der Waals surface area contributed by atoms with Crippen molar-refractivity contribution in [3.63, 3.8) is 0 Å². The lowest BCUT2D eigenvalue weighted by Gasteiger charge is -2.11. The molecule has 0 aromatic heterocycles. The third kappa shape index (κ3) is 8.34. The number of benzene rings is 1. The van der Waals surface area contributed by atoms with Crippen LogP contribution in [-0.2, 0) is 16.4 Å². The van der Waals surface area contributed by atoms with E-state index in [0.717, 1.165) is 37.0 Å². The molecular weight excluding hydrogens is 322 g/mol. The monoisotopic (exact) mass is 353 g/mol. The van der Waals surface area contributed by atoms with Crippen LogP contribution in [0.1, 0.15) is 45.6 Å². The van der Waals surface area contributed by atoms with Gasteiger partial charge >= 0.3 is 0 Å². The molecule has 2 N–H and O–H groups in total. The van der Waals surface area contributed by atoms with E-state index >= 15 is 0 Å². The fraction of sp³-hybridized carbons (Fsp3) is 0.611. The molecule has 0 saturated heterocycles. The van der Waals surface area contributed by atoms with Crippen LogP contribution in [0.15, 0.2) is 34.2 Å². The van der Waals surface area contributed by atoms with Gasteiger partial charge in [-0.1, -0.05) is 38.8 Å². The van der Waals surface area contributed by atoms with Crippen LogP contribution in [0.5, 0.6) is 0 Å². The molecule has 6 heteroatoms. The van der Waals surface area contributed by atoms with Crippen molar-refractivity contribution in [1.82, 2.24) is 10.6 Å². The molecule has 0 radical (unpaired) electrons. The molecule has 5 nitrogen and oxygen atoms in total. The van der Waals surface area contributed by atoms with Crippen molar-refractivity contribution in [3.05, 3.63) is 29.8 Å². The second-order valence-corrected chi connectivity index (χ2v) is 8.44. The molecule has 0 bridgehead atoms. The summed E-state index contributed by atoms with van der Waals surface area (Å²) in [6, 6.07) is 6.89. The maximum Gasteiger partial charge on any atom is 0.191 e. The highest BCUT2D eigenvalue weighted by Gasteiger charge is 2.06. The van der Waals surface area contributed by atoms with Crippen molar-refractivity contribution in [2.24, 2.45) is 10.9 Å². The summed E-state index contributed by atoms with van der Waals surface area (Å²) in [4.78, 5) is 4.89. The summed E-state index contributed by atoms with van der Waals surface area (Å²) >= 11 is 0. The molecule has 0 aliphatic heterocycles. The van der Waals surface area contributed by atoms with Gasteiger partial charge in [0.25, 0.3) is 0 Å². The van der Waals surface area contributed by atoms with Crippen LogP contribution in [0.4, 0.5) is 0 Å². The van der Waals surface area contributed by atoms with E-state index in [4.69, 9.17) is 0 Å². The molecule has 24 heavy (non-hydrogen) atoms. The van der Waals surface area contributed by atoms with Crippen LogP contribution in [0.25, 0.3) is 0 Å². The maximum atomic E-state index is 11.5. The lowest BCUT2D eigenvalue weighted by molar-refractivity contribution is 0.534. The summed E-state index contributed by atoms with van der Waals surface area (Å²) in [6.07, 6.45) is 4.82. The normalized spacial score (nSPS) is 12.5. The molecule has 136 valence electrons. The van der Waals surface area contributed by atoms with Gasteiger partial charge in [-0.05, 0) is 37.0 Å². The van der Waals surface area contributed by atoms with Gasteiger partial charge < -0.3 is 10.6 Å². The first-order valence-corrected chi connectivity index (χ1v) is 10.5.